The van der Waals surface area contributed by atoms with Crippen LogP contribution in [0.5, 0.6) is 0 Å². The zero-order valence-corrected chi connectivity index (χ0v) is 15.2. The summed E-state index contributed by atoms with van der Waals surface area (Å²) in [4.78, 5) is 6.17. The number of hydroxylamine groups is 2. The van der Waals surface area contributed by atoms with E-state index in [4.69, 9.17) is 4.84 Å². The molecule has 0 aromatic rings. The summed E-state index contributed by atoms with van der Waals surface area (Å²) < 4.78 is 0. The van der Waals surface area contributed by atoms with E-state index >= 15 is 0 Å². The average Bonchev–Trinajstić information content (AvgIpc) is 2.38. The van der Waals surface area contributed by atoms with E-state index in [1.54, 1.807) is 0 Å². The number of rotatable bonds is 10. The maximum atomic E-state index is 6.17. The molecule has 1 heterocycles. The highest BCUT2D eigenvalue weighted by Gasteiger charge is 2.42. The van der Waals surface area contributed by atoms with E-state index in [0.717, 1.165) is 19.4 Å². The Labute approximate surface area is 133 Å². The van der Waals surface area contributed by atoms with Gasteiger partial charge in [-0.25, -0.2) is 0 Å². The lowest BCUT2D eigenvalue weighted by Gasteiger charge is -2.51. The van der Waals surface area contributed by atoms with E-state index in [9.17, 15) is 0 Å². The van der Waals surface area contributed by atoms with Crippen molar-refractivity contribution >= 4 is 0 Å². The van der Waals surface area contributed by atoms with E-state index in [1.807, 2.05) is 0 Å². The lowest BCUT2D eigenvalue weighted by Crippen LogP contribution is -2.58. The van der Waals surface area contributed by atoms with Gasteiger partial charge in [-0.2, -0.15) is 5.06 Å². The van der Waals surface area contributed by atoms with E-state index < -0.39 is 0 Å². The van der Waals surface area contributed by atoms with Gasteiger partial charge in [-0.05, 0) is 53.4 Å². The van der Waals surface area contributed by atoms with Gasteiger partial charge in [-0.15, -0.1) is 0 Å². The van der Waals surface area contributed by atoms with Crippen LogP contribution in [0.4, 0.5) is 0 Å². The lowest BCUT2D eigenvalue weighted by atomic mass is 9.82. The van der Waals surface area contributed by atoms with Crippen molar-refractivity contribution in [3.63, 3.8) is 0 Å². The van der Waals surface area contributed by atoms with Gasteiger partial charge in [0.25, 0.3) is 0 Å². The third kappa shape index (κ3) is 6.69. The van der Waals surface area contributed by atoms with Gasteiger partial charge < -0.3 is 0 Å². The first-order valence-corrected chi connectivity index (χ1v) is 9.15. The maximum absolute atomic E-state index is 6.17. The third-order valence-electron chi connectivity index (χ3n) is 4.61. The molecule has 1 aliphatic heterocycles. The summed E-state index contributed by atoms with van der Waals surface area (Å²) in [6, 6.07) is 0. The molecule has 0 unspecified atom stereocenters. The first-order valence-electron chi connectivity index (χ1n) is 9.15. The second kappa shape index (κ2) is 9.15. The number of hydrogen-bond acceptors (Lipinski definition) is 2. The predicted molar refractivity (Wildman–Crippen MR) is 92.1 cm³/mol. The molecule has 1 saturated heterocycles. The Balaban J connectivity index is 2.13. The van der Waals surface area contributed by atoms with Crippen LogP contribution in [0.2, 0.25) is 0 Å². The quantitative estimate of drug-likeness (QED) is 0.464. The number of hydrogen-bond donors (Lipinski definition) is 0. The summed E-state index contributed by atoms with van der Waals surface area (Å²) in [5, 5.41) is 2.27. The van der Waals surface area contributed by atoms with Crippen molar-refractivity contribution in [3.05, 3.63) is 6.42 Å². The van der Waals surface area contributed by atoms with Gasteiger partial charge in [0.1, 0.15) is 0 Å². The summed E-state index contributed by atoms with van der Waals surface area (Å²) in [5.41, 5.74) is 0.254. The summed E-state index contributed by atoms with van der Waals surface area (Å²) in [5.74, 6) is 0. The highest BCUT2D eigenvalue weighted by atomic mass is 16.7. The Kier molecular flexibility index (Phi) is 8.26. The third-order valence-corrected chi connectivity index (χ3v) is 4.61. The Hall–Kier alpha value is -0.0800. The van der Waals surface area contributed by atoms with Gasteiger partial charge in [0, 0.05) is 11.1 Å². The molecule has 1 aliphatic rings. The van der Waals surface area contributed by atoms with Gasteiger partial charge in [0.15, 0.2) is 0 Å². The minimum Gasteiger partial charge on any atom is -0.298 e. The summed E-state index contributed by atoms with van der Waals surface area (Å²) in [6.45, 7) is 12.3. The van der Waals surface area contributed by atoms with Crippen LogP contribution in [-0.4, -0.2) is 22.7 Å². The van der Waals surface area contributed by atoms with E-state index in [-0.39, 0.29) is 11.1 Å². The minimum atomic E-state index is 0.127. The number of piperidine rings is 1. The van der Waals surface area contributed by atoms with Crippen molar-refractivity contribution in [2.45, 2.75) is 110 Å². The second-order valence-corrected chi connectivity index (χ2v) is 7.92. The molecule has 21 heavy (non-hydrogen) atoms. The Morgan fingerprint density at radius 1 is 0.810 bits per heavy atom. The SMILES string of the molecule is CCCCCCCCCCON1C(C)(C)C[CH]CC1(C)C. The van der Waals surface area contributed by atoms with Gasteiger partial charge >= 0.3 is 0 Å². The first kappa shape index (κ1) is 19.0. The normalized spacial score (nSPS) is 21.6. The molecule has 1 radical (unpaired) electrons. The zero-order chi connectivity index (χ0) is 15.8. The molecule has 0 aromatic heterocycles. The average molecular weight is 297 g/mol. The Morgan fingerprint density at radius 2 is 1.29 bits per heavy atom. The molecule has 0 aliphatic carbocycles. The molecule has 0 bridgehead atoms. The predicted octanol–water partition coefficient (Wildman–Crippen LogP) is 5.92. The van der Waals surface area contributed by atoms with E-state index in [1.165, 1.54) is 51.4 Å². The van der Waals surface area contributed by atoms with Crippen LogP contribution in [0.3, 0.4) is 0 Å². The minimum absolute atomic E-state index is 0.127. The van der Waals surface area contributed by atoms with Crippen LogP contribution in [0, 0.1) is 6.42 Å². The maximum Gasteiger partial charge on any atom is 0.0685 e. The van der Waals surface area contributed by atoms with Crippen molar-refractivity contribution in [2.24, 2.45) is 0 Å². The zero-order valence-electron chi connectivity index (χ0n) is 15.2. The highest BCUT2D eigenvalue weighted by Crippen LogP contribution is 2.37. The molecule has 2 heteroatoms. The van der Waals surface area contributed by atoms with Gasteiger partial charge in [0.05, 0.1) is 6.61 Å². The largest absolute Gasteiger partial charge is 0.298 e. The molecule has 2 nitrogen and oxygen atoms in total. The van der Waals surface area contributed by atoms with Gasteiger partial charge in [-0.1, -0.05) is 51.9 Å². The standard InChI is InChI=1S/C19H38NO/c1-6-7-8-9-10-11-12-13-17-21-20-18(2,3)15-14-16-19(20,4)5/h14H,6-13,15-17H2,1-5H3. The van der Waals surface area contributed by atoms with Crippen LogP contribution in [0.15, 0.2) is 0 Å². The van der Waals surface area contributed by atoms with Crippen molar-refractivity contribution in [2.75, 3.05) is 6.61 Å². The molecule has 1 rings (SSSR count). The topological polar surface area (TPSA) is 12.5 Å². The fourth-order valence-electron chi connectivity index (χ4n) is 3.51. The second-order valence-electron chi connectivity index (χ2n) is 7.92. The Morgan fingerprint density at radius 3 is 1.81 bits per heavy atom. The van der Waals surface area contributed by atoms with Crippen LogP contribution in [0.25, 0.3) is 0 Å². The van der Waals surface area contributed by atoms with Crippen LogP contribution < -0.4 is 0 Å². The van der Waals surface area contributed by atoms with Gasteiger partial charge in [0.2, 0.25) is 0 Å². The van der Waals surface area contributed by atoms with Crippen molar-refractivity contribution in [1.29, 1.82) is 0 Å². The van der Waals surface area contributed by atoms with Crippen molar-refractivity contribution < 1.29 is 4.84 Å². The highest BCUT2D eigenvalue weighted by molar-refractivity contribution is 4.99. The van der Waals surface area contributed by atoms with Gasteiger partial charge in [-0.3, -0.25) is 4.84 Å². The molecule has 0 saturated carbocycles. The fourth-order valence-corrected chi connectivity index (χ4v) is 3.51. The molecule has 0 atom stereocenters. The summed E-state index contributed by atoms with van der Waals surface area (Å²) in [6.07, 6.45) is 15.5. The first-order chi connectivity index (χ1) is 9.90. The molecule has 0 spiro atoms. The molecule has 125 valence electrons. The molecular formula is C19H38NO. The van der Waals surface area contributed by atoms with Crippen LogP contribution in [0.1, 0.15) is 98.8 Å². The summed E-state index contributed by atoms with van der Waals surface area (Å²) in [7, 11) is 0. The molecule has 0 aromatic carbocycles. The molecule has 1 fully saturated rings. The molecule has 0 N–H and O–H groups in total. The molecular weight excluding hydrogens is 258 g/mol. The van der Waals surface area contributed by atoms with Crippen molar-refractivity contribution in [3.8, 4) is 0 Å². The smallest absolute Gasteiger partial charge is 0.0685 e. The van der Waals surface area contributed by atoms with E-state index in [2.05, 4.69) is 46.1 Å². The molecule has 0 amide bonds. The van der Waals surface area contributed by atoms with Crippen molar-refractivity contribution in [1.82, 2.24) is 5.06 Å². The Bertz CT molecular complexity index is 257. The fraction of sp³-hybridized carbons (Fsp3) is 0.947. The van der Waals surface area contributed by atoms with E-state index in [0.29, 0.717) is 0 Å². The monoisotopic (exact) mass is 296 g/mol. The number of nitrogens with zero attached hydrogens (tertiary/aromatic N) is 1. The summed E-state index contributed by atoms with van der Waals surface area (Å²) >= 11 is 0. The van der Waals surface area contributed by atoms with Crippen LogP contribution >= 0.6 is 0 Å². The lowest BCUT2D eigenvalue weighted by molar-refractivity contribution is -0.274. The van der Waals surface area contributed by atoms with Crippen LogP contribution in [-0.2, 0) is 4.84 Å². The number of unbranched alkanes of at least 4 members (excludes halogenated alkanes) is 7.